The van der Waals surface area contributed by atoms with Gasteiger partial charge in [-0.15, -0.1) is 0 Å². The van der Waals surface area contributed by atoms with Crippen molar-refractivity contribution in [3.8, 4) is 0 Å². The highest BCUT2D eigenvalue weighted by atomic mass is 15.2. The Labute approximate surface area is 160 Å². The maximum atomic E-state index is 4.54. The van der Waals surface area contributed by atoms with Gasteiger partial charge >= 0.3 is 0 Å². The van der Waals surface area contributed by atoms with Crippen LogP contribution in [0.3, 0.4) is 0 Å². The maximum Gasteiger partial charge on any atom is 0.234 e. The third-order valence-corrected chi connectivity index (χ3v) is 5.51. The second-order valence-electron chi connectivity index (χ2n) is 7.76. The van der Waals surface area contributed by atoms with Crippen LogP contribution in [0.2, 0.25) is 0 Å². The number of imidazole rings is 1. The van der Waals surface area contributed by atoms with Gasteiger partial charge in [0.15, 0.2) is 0 Å². The van der Waals surface area contributed by atoms with E-state index in [0.29, 0.717) is 0 Å². The lowest BCUT2D eigenvalue weighted by Crippen LogP contribution is -2.37. The normalized spacial score (nSPS) is 15.8. The van der Waals surface area contributed by atoms with Crippen LogP contribution in [0.1, 0.15) is 29.9 Å². The lowest BCUT2D eigenvalue weighted by atomic mass is 9.96. The monoisotopic (exact) mass is 364 g/mol. The van der Waals surface area contributed by atoms with E-state index in [9.17, 15) is 0 Å². The molecule has 0 unspecified atom stereocenters. The molecule has 0 spiro atoms. The van der Waals surface area contributed by atoms with Gasteiger partial charge in [0.2, 0.25) is 5.78 Å². The van der Waals surface area contributed by atoms with Gasteiger partial charge in [0, 0.05) is 55.6 Å². The maximum absolute atomic E-state index is 4.54. The van der Waals surface area contributed by atoms with E-state index in [1.807, 2.05) is 25.5 Å². The van der Waals surface area contributed by atoms with Gasteiger partial charge in [0.25, 0.3) is 0 Å². The summed E-state index contributed by atoms with van der Waals surface area (Å²) in [6.45, 7) is 8.42. The Balaban J connectivity index is 1.35. The SMILES string of the molecule is Cc1cc(C)n2c(CN(C)CC3CCN(c4ccncc4)CC3)cnc2n1. The van der Waals surface area contributed by atoms with Crippen molar-refractivity contribution in [1.82, 2.24) is 24.3 Å². The first kappa shape index (κ1) is 17.9. The predicted octanol–water partition coefficient (Wildman–Crippen LogP) is 3.09. The Bertz CT molecular complexity index is 896. The minimum Gasteiger partial charge on any atom is -0.371 e. The second kappa shape index (κ2) is 7.64. The Hall–Kier alpha value is -2.47. The van der Waals surface area contributed by atoms with E-state index in [2.05, 4.69) is 61.3 Å². The zero-order valence-electron chi connectivity index (χ0n) is 16.5. The quantitative estimate of drug-likeness (QED) is 0.696. The Morgan fingerprint density at radius 1 is 1.15 bits per heavy atom. The molecule has 4 heterocycles. The molecular formula is C21H28N6. The number of pyridine rings is 1. The Morgan fingerprint density at radius 2 is 1.89 bits per heavy atom. The third kappa shape index (κ3) is 3.95. The van der Waals surface area contributed by atoms with E-state index in [4.69, 9.17) is 0 Å². The summed E-state index contributed by atoms with van der Waals surface area (Å²) in [6.07, 6.45) is 8.20. The summed E-state index contributed by atoms with van der Waals surface area (Å²) in [7, 11) is 2.21. The zero-order chi connectivity index (χ0) is 18.8. The van der Waals surface area contributed by atoms with Crippen LogP contribution >= 0.6 is 0 Å². The first-order valence-corrected chi connectivity index (χ1v) is 9.74. The minimum absolute atomic E-state index is 0.744. The topological polar surface area (TPSA) is 49.6 Å². The molecule has 142 valence electrons. The number of aromatic nitrogens is 4. The van der Waals surface area contributed by atoms with Crippen LogP contribution in [0.15, 0.2) is 36.8 Å². The number of aryl methyl sites for hydroxylation is 2. The lowest BCUT2D eigenvalue weighted by molar-refractivity contribution is 0.240. The smallest absolute Gasteiger partial charge is 0.234 e. The Morgan fingerprint density at radius 3 is 2.63 bits per heavy atom. The van der Waals surface area contributed by atoms with Crippen molar-refractivity contribution in [3.63, 3.8) is 0 Å². The molecular weight excluding hydrogens is 336 g/mol. The molecule has 1 fully saturated rings. The summed E-state index contributed by atoms with van der Waals surface area (Å²) in [5, 5.41) is 0. The third-order valence-electron chi connectivity index (χ3n) is 5.51. The molecule has 3 aromatic rings. The standard InChI is InChI=1S/C21H28N6/c1-16-12-17(2)27-20(13-23-21(27)24-16)15-25(3)14-18-6-10-26(11-7-18)19-4-8-22-9-5-19/h4-5,8-9,12-13,18H,6-7,10-11,14-15H2,1-3H3. The summed E-state index contributed by atoms with van der Waals surface area (Å²) in [4.78, 5) is 18.1. The molecule has 0 saturated carbocycles. The van der Waals surface area contributed by atoms with Crippen molar-refractivity contribution in [3.05, 3.63) is 53.9 Å². The molecule has 6 heteroatoms. The highest BCUT2D eigenvalue weighted by Crippen LogP contribution is 2.23. The molecule has 0 bridgehead atoms. The largest absolute Gasteiger partial charge is 0.371 e. The van der Waals surface area contributed by atoms with Crippen LogP contribution in [0, 0.1) is 19.8 Å². The predicted molar refractivity (Wildman–Crippen MR) is 108 cm³/mol. The highest BCUT2D eigenvalue weighted by molar-refractivity contribution is 5.44. The first-order chi connectivity index (χ1) is 13.1. The van der Waals surface area contributed by atoms with Gasteiger partial charge in [-0.05, 0) is 57.9 Å². The van der Waals surface area contributed by atoms with Gasteiger partial charge in [0.05, 0.1) is 11.9 Å². The number of anilines is 1. The molecule has 1 saturated heterocycles. The van der Waals surface area contributed by atoms with Crippen LogP contribution < -0.4 is 4.90 Å². The molecule has 0 aliphatic carbocycles. The van der Waals surface area contributed by atoms with E-state index in [0.717, 1.165) is 43.6 Å². The molecule has 0 amide bonds. The number of hydrogen-bond acceptors (Lipinski definition) is 5. The minimum atomic E-state index is 0.744. The van der Waals surface area contributed by atoms with Gasteiger partial charge in [0.1, 0.15) is 0 Å². The average Bonchev–Trinajstić information content (AvgIpc) is 3.05. The van der Waals surface area contributed by atoms with Gasteiger partial charge in [-0.2, -0.15) is 0 Å². The van der Waals surface area contributed by atoms with Gasteiger partial charge in [-0.25, -0.2) is 9.97 Å². The highest BCUT2D eigenvalue weighted by Gasteiger charge is 2.21. The fourth-order valence-corrected chi connectivity index (χ4v) is 4.22. The van der Waals surface area contributed by atoms with Crippen molar-refractivity contribution in [2.45, 2.75) is 33.2 Å². The summed E-state index contributed by atoms with van der Waals surface area (Å²) >= 11 is 0. The fraction of sp³-hybridized carbons (Fsp3) is 0.476. The van der Waals surface area contributed by atoms with Gasteiger partial charge in [-0.3, -0.25) is 9.38 Å². The van der Waals surface area contributed by atoms with E-state index in [-0.39, 0.29) is 0 Å². The van der Waals surface area contributed by atoms with Crippen LogP contribution in [0.25, 0.3) is 5.78 Å². The van der Waals surface area contributed by atoms with Gasteiger partial charge < -0.3 is 9.80 Å². The number of nitrogens with zero attached hydrogens (tertiary/aromatic N) is 6. The lowest BCUT2D eigenvalue weighted by Gasteiger charge is -2.35. The van der Waals surface area contributed by atoms with Crippen LogP contribution in [0.5, 0.6) is 0 Å². The molecule has 0 atom stereocenters. The number of hydrogen-bond donors (Lipinski definition) is 0. The molecule has 1 aliphatic rings. The summed E-state index contributed by atoms with van der Waals surface area (Å²) in [5.74, 6) is 1.55. The van der Waals surface area contributed by atoms with Crippen molar-refractivity contribution in [1.29, 1.82) is 0 Å². The molecule has 0 radical (unpaired) electrons. The number of rotatable bonds is 5. The van der Waals surface area contributed by atoms with E-state index in [1.165, 1.54) is 29.9 Å². The second-order valence-corrected chi connectivity index (χ2v) is 7.76. The molecule has 1 aliphatic heterocycles. The summed E-state index contributed by atoms with van der Waals surface area (Å²) in [6, 6.07) is 6.33. The van der Waals surface area contributed by atoms with Crippen LogP contribution in [0.4, 0.5) is 5.69 Å². The van der Waals surface area contributed by atoms with Crippen molar-refractivity contribution >= 4 is 11.5 Å². The van der Waals surface area contributed by atoms with Crippen molar-refractivity contribution in [2.75, 3.05) is 31.6 Å². The van der Waals surface area contributed by atoms with Crippen LogP contribution in [-0.4, -0.2) is 50.9 Å². The van der Waals surface area contributed by atoms with E-state index < -0.39 is 0 Å². The van der Waals surface area contributed by atoms with Crippen molar-refractivity contribution in [2.24, 2.45) is 5.92 Å². The van der Waals surface area contributed by atoms with Gasteiger partial charge in [-0.1, -0.05) is 0 Å². The van der Waals surface area contributed by atoms with Crippen molar-refractivity contribution < 1.29 is 0 Å². The molecule has 0 aromatic carbocycles. The first-order valence-electron chi connectivity index (χ1n) is 9.74. The molecule has 27 heavy (non-hydrogen) atoms. The van der Waals surface area contributed by atoms with E-state index in [1.54, 1.807) is 0 Å². The number of piperidine rings is 1. The zero-order valence-corrected chi connectivity index (χ0v) is 16.5. The molecule has 6 nitrogen and oxygen atoms in total. The summed E-state index contributed by atoms with van der Waals surface area (Å²) in [5.41, 5.74) is 4.73. The summed E-state index contributed by atoms with van der Waals surface area (Å²) < 4.78 is 2.18. The molecule has 0 N–H and O–H groups in total. The molecule has 3 aromatic heterocycles. The molecule has 4 rings (SSSR count). The Kier molecular flexibility index (Phi) is 5.07. The fourth-order valence-electron chi connectivity index (χ4n) is 4.22. The average molecular weight is 364 g/mol. The number of fused-ring (bicyclic) bond motifs is 1. The van der Waals surface area contributed by atoms with Crippen LogP contribution in [-0.2, 0) is 6.54 Å². The van der Waals surface area contributed by atoms with E-state index >= 15 is 0 Å².